The summed E-state index contributed by atoms with van der Waals surface area (Å²) in [6.07, 6.45) is 2.20. The lowest BCUT2D eigenvalue weighted by atomic mass is 10.2. The van der Waals surface area contributed by atoms with Crippen molar-refractivity contribution >= 4 is 12.6 Å². The molecule has 0 radical (unpaired) electrons. The molecule has 3 heteroatoms. The van der Waals surface area contributed by atoms with Crippen molar-refractivity contribution in [1.29, 1.82) is 0 Å². The topological polar surface area (TPSA) is 29.1 Å². The highest BCUT2D eigenvalue weighted by molar-refractivity contribution is 7.68. The Morgan fingerprint density at radius 1 is 1.27 bits per heavy atom. The molecule has 1 aromatic rings. The Kier molecular flexibility index (Phi) is 4.56. The molecule has 0 bridgehead atoms. The zero-order chi connectivity index (χ0) is 11.3. The molecule has 0 saturated carbocycles. The van der Waals surface area contributed by atoms with E-state index in [2.05, 4.69) is 12.0 Å². The van der Waals surface area contributed by atoms with Crippen LogP contribution in [0.5, 0.6) is 0 Å². The van der Waals surface area contributed by atoms with Crippen LogP contribution in [0.4, 0.5) is 0 Å². The molecule has 0 aliphatic heterocycles. The third-order valence-electron chi connectivity index (χ3n) is 2.47. The van der Waals surface area contributed by atoms with Crippen molar-refractivity contribution < 1.29 is 4.57 Å². The predicted molar refractivity (Wildman–Crippen MR) is 67.3 cm³/mol. The lowest BCUT2D eigenvalue weighted by Crippen LogP contribution is -2.19. The largest absolute Gasteiger partial charge is 0.302 e. The van der Waals surface area contributed by atoms with Crippen molar-refractivity contribution in [2.75, 3.05) is 13.2 Å². The van der Waals surface area contributed by atoms with Crippen LogP contribution in [0.3, 0.4) is 0 Å². The van der Waals surface area contributed by atoms with Gasteiger partial charge in [0.15, 0.2) is 7.29 Å². The third-order valence-corrected chi connectivity index (χ3v) is 4.58. The van der Waals surface area contributed by atoms with Gasteiger partial charge < -0.3 is 4.57 Å². The van der Waals surface area contributed by atoms with Gasteiger partial charge in [0.25, 0.3) is 0 Å². The van der Waals surface area contributed by atoms with Crippen LogP contribution in [0, 0.1) is 6.92 Å². The van der Waals surface area contributed by atoms with Crippen LogP contribution < -0.4 is 10.4 Å². The number of benzene rings is 1. The van der Waals surface area contributed by atoms with Gasteiger partial charge in [-0.25, -0.2) is 0 Å². The van der Waals surface area contributed by atoms with Gasteiger partial charge >= 0.3 is 0 Å². The standard InChI is InChI=1S/C12H20NOP/c1-4-5-10-13-15(3,14)12-8-6-11(2)7-9-12/h6-9H,4-5,10H2,1-3H3,(H,13,14). The van der Waals surface area contributed by atoms with Crippen LogP contribution in [0.25, 0.3) is 0 Å². The maximum atomic E-state index is 12.3. The summed E-state index contributed by atoms with van der Waals surface area (Å²) in [5, 5.41) is 4.07. The maximum Gasteiger partial charge on any atom is 0.173 e. The van der Waals surface area contributed by atoms with Gasteiger partial charge in [0.1, 0.15) is 0 Å². The highest BCUT2D eigenvalue weighted by Crippen LogP contribution is 2.34. The number of aryl methyl sites for hydroxylation is 1. The van der Waals surface area contributed by atoms with Gasteiger partial charge in [-0.3, -0.25) is 5.09 Å². The van der Waals surface area contributed by atoms with Gasteiger partial charge in [0, 0.05) is 18.5 Å². The predicted octanol–water partition coefficient (Wildman–Crippen LogP) is 2.92. The van der Waals surface area contributed by atoms with Crippen LogP contribution in [-0.2, 0) is 4.57 Å². The van der Waals surface area contributed by atoms with E-state index in [-0.39, 0.29) is 0 Å². The van der Waals surface area contributed by atoms with Crippen LogP contribution in [0.2, 0.25) is 0 Å². The molecule has 0 aliphatic carbocycles. The molecule has 0 aliphatic rings. The molecule has 2 nitrogen and oxygen atoms in total. The van der Waals surface area contributed by atoms with E-state index in [1.807, 2.05) is 31.2 Å². The van der Waals surface area contributed by atoms with Crippen molar-refractivity contribution in [3.8, 4) is 0 Å². The normalized spacial score (nSPS) is 14.9. The average Bonchev–Trinajstić information content (AvgIpc) is 2.18. The summed E-state index contributed by atoms with van der Waals surface area (Å²) in [5.74, 6) is 0. The second kappa shape index (κ2) is 5.48. The number of hydrogen-bond donors (Lipinski definition) is 1. The minimum atomic E-state index is -2.34. The van der Waals surface area contributed by atoms with E-state index in [0.29, 0.717) is 0 Å². The first-order chi connectivity index (χ1) is 7.06. The molecule has 0 amide bonds. The van der Waals surface area contributed by atoms with E-state index in [9.17, 15) is 4.57 Å². The van der Waals surface area contributed by atoms with Gasteiger partial charge in [0.2, 0.25) is 0 Å². The molecule has 1 unspecified atom stereocenters. The second-order valence-electron chi connectivity index (χ2n) is 4.02. The monoisotopic (exact) mass is 225 g/mol. The molecular formula is C12H20NOP. The molecule has 15 heavy (non-hydrogen) atoms. The van der Waals surface area contributed by atoms with Gasteiger partial charge in [-0.05, 0) is 25.5 Å². The van der Waals surface area contributed by atoms with Crippen molar-refractivity contribution in [3.63, 3.8) is 0 Å². The fourth-order valence-corrected chi connectivity index (χ4v) is 2.88. The first kappa shape index (κ1) is 12.5. The highest BCUT2D eigenvalue weighted by atomic mass is 31.2. The van der Waals surface area contributed by atoms with Crippen molar-refractivity contribution in [3.05, 3.63) is 29.8 Å². The smallest absolute Gasteiger partial charge is 0.173 e. The van der Waals surface area contributed by atoms with Gasteiger partial charge in [-0.1, -0.05) is 31.0 Å². The highest BCUT2D eigenvalue weighted by Gasteiger charge is 2.16. The van der Waals surface area contributed by atoms with Crippen LogP contribution in [-0.4, -0.2) is 13.2 Å². The minimum absolute atomic E-state index is 0.832. The maximum absolute atomic E-state index is 12.3. The molecule has 0 aromatic heterocycles. The van der Waals surface area contributed by atoms with E-state index in [4.69, 9.17) is 0 Å². The Bertz CT molecular complexity index is 345. The summed E-state index contributed by atoms with van der Waals surface area (Å²) in [4.78, 5) is 0. The molecule has 0 saturated heterocycles. The lowest BCUT2D eigenvalue weighted by Gasteiger charge is -2.15. The fraction of sp³-hybridized carbons (Fsp3) is 0.500. The molecule has 0 spiro atoms. The molecule has 84 valence electrons. The molecule has 1 aromatic carbocycles. The van der Waals surface area contributed by atoms with Crippen LogP contribution in [0.1, 0.15) is 25.3 Å². The fourth-order valence-electron chi connectivity index (χ4n) is 1.39. The van der Waals surface area contributed by atoms with Crippen molar-refractivity contribution in [2.24, 2.45) is 0 Å². The van der Waals surface area contributed by atoms with E-state index in [0.717, 1.165) is 24.7 Å². The van der Waals surface area contributed by atoms with Crippen molar-refractivity contribution in [2.45, 2.75) is 26.7 Å². The number of unbranched alkanes of at least 4 members (excludes halogenated alkanes) is 1. The second-order valence-corrected chi connectivity index (χ2v) is 6.70. The third kappa shape index (κ3) is 3.81. The summed E-state index contributed by atoms with van der Waals surface area (Å²) >= 11 is 0. The molecule has 0 heterocycles. The first-order valence-electron chi connectivity index (χ1n) is 5.46. The molecule has 1 rings (SSSR count). The van der Waals surface area contributed by atoms with Gasteiger partial charge in [0.05, 0.1) is 0 Å². The number of hydrogen-bond acceptors (Lipinski definition) is 1. The molecule has 1 N–H and O–H groups in total. The Morgan fingerprint density at radius 3 is 2.40 bits per heavy atom. The SMILES string of the molecule is CCCCNP(C)(=O)c1ccc(C)cc1. The molecule has 1 atom stereocenters. The van der Waals surface area contributed by atoms with E-state index >= 15 is 0 Å². The van der Waals surface area contributed by atoms with E-state index < -0.39 is 7.29 Å². The number of rotatable bonds is 5. The number of nitrogens with one attached hydrogen (secondary N) is 1. The minimum Gasteiger partial charge on any atom is -0.302 e. The summed E-state index contributed by atoms with van der Waals surface area (Å²) in [5.41, 5.74) is 1.20. The van der Waals surface area contributed by atoms with E-state index in [1.54, 1.807) is 6.66 Å². The van der Waals surface area contributed by atoms with Crippen LogP contribution >= 0.6 is 7.29 Å². The first-order valence-corrected chi connectivity index (χ1v) is 7.61. The Labute approximate surface area is 92.5 Å². The van der Waals surface area contributed by atoms with Gasteiger partial charge in [-0.2, -0.15) is 0 Å². The molecule has 0 fully saturated rings. The Morgan fingerprint density at radius 2 is 1.87 bits per heavy atom. The Balaban J connectivity index is 2.68. The van der Waals surface area contributed by atoms with Crippen LogP contribution in [0.15, 0.2) is 24.3 Å². The van der Waals surface area contributed by atoms with Gasteiger partial charge in [-0.15, -0.1) is 0 Å². The zero-order valence-electron chi connectivity index (χ0n) is 9.79. The van der Waals surface area contributed by atoms with Crippen molar-refractivity contribution in [1.82, 2.24) is 5.09 Å². The summed E-state index contributed by atoms with van der Waals surface area (Å²) in [6, 6.07) is 7.92. The summed E-state index contributed by atoms with van der Waals surface area (Å²) in [7, 11) is -2.34. The summed E-state index contributed by atoms with van der Waals surface area (Å²) in [6.45, 7) is 6.80. The lowest BCUT2D eigenvalue weighted by molar-refractivity contribution is 0.573. The van der Waals surface area contributed by atoms with E-state index in [1.165, 1.54) is 5.56 Å². The average molecular weight is 225 g/mol. The molecular weight excluding hydrogens is 205 g/mol. The Hall–Kier alpha value is -0.590. The summed E-state index contributed by atoms with van der Waals surface area (Å²) < 4.78 is 12.3. The zero-order valence-corrected chi connectivity index (χ0v) is 10.7. The quantitative estimate of drug-likeness (QED) is 0.616.